The Balaban J connectivity index is 1.84. The molecule has 1 atom stereocenters. The predicted molar refractivity (Wildman–Crippen MR) is 141 cm³/mol. The average Bonchev–Trinajstić information content (AvgIpc) is 3.28. The molecule has 0 aliphatic heterocycles. The Morgan fingerprint density at radius 3 is 2.59 bits per heavy atom. The number of anilines is 1. The van der Waals surface area contributed by atoms with Gasteiger partial charge in [-0.3, -0.25) is 10.4 Å². The van der Waals surface area contributed by atoms with Crippen LogP contribution in [0.25, 0.3) is 5.69 Å². The highest BCUT2D eigenvalue weighted by atomic mass is 19.1. The molecule has 0 radical (unpaired) electrons. The summed E-state index contributed by atoms with van der Waals surface area (Å²) in [5.74, 6) is 0.165. The minimum absolute atomic E-state index is 0.0644. The van der Waals surface area contributed by atoms with Gasteiger partial charge in [-0.05, 0) is 61.4 Å². The number of amidine groups is 1. The number of nitrogens with one attached hydrogen (secondary N) is 3. The first kappa shape index (κ1) is 25.5. The Morgan fingerprint density at radius 2 is 1.92 bits per heavy atom. The van der Waals surface area contributed by atoms with Crippen molar-refractivity contribution in [3.8, 4) is 17.2 Å². The number of benzene rings is 3. The van der Waals surface area contributed by atoms with Crippen LogP contribution >= 0.6 is 0 Å². The van der Waals surface area contributed by atoms with Crippen molar-refractivity contribution >= 4 is 11.5 Å². The van der Waals surface area contributed by atoms with Crippen molar-refractivity contribution < 1.29 is 13.9 Å². The fourth-order valence-corrected chi connectivity index (χ4v) is 3.93. The molecule has 5 N–H and O–H groups in total. The molecule has 0 saturated carbocycles. The van der Waals surface area contributed by atoms with Crippen molar-refractivity contribution in [2.24, 2.45) is 5.73 Å². The number of aromatic nitrogens is 3. The molecule has 3 aromatic carbocycles. The molecular weight excluding hydrogens is 475 g/mol. The molecule has 0 spiro atoms. The van der Waals surface area contributed by atoms with E-state index in [1.54, 1.807) is 60.7 Å². The Kier molecular flexibility index (Phi) is 7.57. The molecule has 0 bridgehead atoms. The van der Waals surface area contributed by atoms with Crippen molar-refractivity contribution in [3.63, 3.8) is 0 Å². The van der Waals surface area contributed by atoms with Gasteiger partial charge in [-0.1, -0.05) is 25.1 Å². The Bertz CT molecular complexity index is 1460. The highest BCUT2D eigenvalue weighted by molar-refractivity contribution is 5.95. The van der Waals surface area contributed by atoms with E-state index in [4.69, 9.17) is 20.6 Å². The highest BCUT2D eigenvalue weighted by Crippen LogP contribution is 2.33. The maximum Gasteiger partial charge on any atom is 0.348 e. The van der Waals surface area contributed by atoms with Crippen LogP contribution in [-0.2, 0) is 0 Å². The normalized spacial score (nSPS) is 11.7. The van der Waals surface area contributed by atoms with Crippen LogP contribution in [0.3, 0.4) is 0 Å². The summed E-state index contributed by atoms with van der Waals surface area (Å²) in [4.78, 5) is 15.8. The van der Waals surface area contributed by atoms with Gasteiger partial charge in [0.1, 0.15) is 23.3 Å². The van der Waals surface area contributed by atoms with Crippen LogP contribution < -0.4 is 26.2 Å². The SMILES string of the molecule is CCCOc1cc(C)cc(C(Nc2ccc(C(=N)N)cc2)c2nn(-c3ccccc3OC)c(=O)[nH]2)c1F. The van der Waals surface area contributed by atoms with Crippen LogP contribution in [0.5, 0.6) is 11.5 Å². The zero-order valence-electron chi connectivity index (χ0n) is 20.8. The van der Waals surface area contributed by atoms with E-state index in [9.17, 15) is 4.79 Å². The number of para-hydroxylation sites is 2. The molecule has 1 heterocycles. The quantitative estimate of drug-likeness (QED) is 0.188. The number of nitrogen functional groups attached to an aromatic ring is 1. The summed E-state index contributed by atoms with van der Waals surface area (Å²) in [5.41, 5.74) is 7.71. The summed E-state index contributed by atoms with van der Waals surface area (Å²) >= 11 is 0. The zero-order valence-corrected chi connectivity index (χ0v) is 20.8. The molecule has 9 nitrogen and oxygen atoms in total. The van der Waals surface area contributed by atoms with Crippen LogP contribution in [0.4, 0.5) is 10.1 Å². The largest absolute Gasteiger partial charge is 0.494 e. The van der Waals surface area contributed by atoms with Crippen molar-refractivity contribution in [2.75, 3.05) is 19.0 Å². The van der Waals surface area contributed by atoms with Crippen LogP contribution in [0.15, 0.2) is 65.5 Å². The molecule has 0 amide bonds. The third-order valence-corrected chi connectivity index (χ3v) is 5.71. The lowest BCUT2D eigenvalue weighted by Gasteiger charge is -2.21. The van der Waals surface area contributed by atoms with Gasteiger partial charge in [0.15, 0.2) is 17.4 Å². The molecule has 37 heavy (non-hydrogen) atoms. The van der Waals surface area contributed by atoms with Crippen molar-refractivity contribution in [1.82, 2.24) is 14.8 Å². The highest BCUT2D eigenvalue weighted by Gasteiger charge is 2.26. The van der Waals surface area contributed by atoms with E-state index in [2.05, 4.69) is 15.4 Å². The van der Waals surface area contributed by atoms with Gasteiger partial charge in [-0.2, -0.15) is 4.68 Å². The van der Waals surface area contributed by atoms with Crippen LogP contribution in [0, 0.1) is 18.2 Å². The number of halogens is 1. The maximum absolute atomic E-state index is 15.8. The molecular formula is C27H29FN6O3. The molecule has 0 aliphatic rings. The second kappa shape index (κ2) is 11.0. The fourth-order valence-electron chi connectivity index (χ4n) is 3.93. The second-order valence-electron chi connectivity index (χ2n) is 8.48. The summed E-state index contributed by atoms with van der Waals surface area (Å²) in [7, 11) is 1.51. The van der Waals surface area contributed by atoms with E-state index in [-0.39, 0.29) is 23.0 Å². The number of rotatable bonds is 10. The topological polar surface area (TPSA) is 131 Å². The first-order valence-electron chi connectivity index (χ1n) is 11.8. The molecule has 1 aromatic heterocycles. The van der Waals surface area contributed by atoms with E-state index in [1.165, 1.54) is 11.8 Å². The number of methoxy groups -OCH3 is 1. The van der Waals surface area contributed by atoms with Gasteiger partial charge in [0.25, 0.3) is 0 Å². The molecule has 4 aromatic rings. The standard InChI is InChI=1S/C27H29FN6O3/c1-4-13-37-22-15-16(2)14-19(23(22)28)24(31-18-11-9-17(10-12-18)25(29)30)26-32-27(35)34(33-26)20-7-5-6-8-21(20)36-3/h5-12,14-15,24,31H,4,13H2,1-3H3,(H3,29,30)(H,32,33,35). The minimum Gasteiger partial charge on any atom is -0.494 e. The summed E-state index contributed by atoms with van der Waals surface area (Å²) in [6.45, 7) is 4.15. The minimum atomic E-state index is -0.879. The summed E-state index contributed by atoms with van der Waals surface area (Å²) in [6, 6.07) is 16.2. The van der Waals surface area contributed by atoms with Crippen molar-refractivity contribution in [1.29, 1.82) is 5.41 Å². The molecule has 0 aliphatic carbocycles. The Labute approximate surface area is 213 Å². The molecule has 0 saturated heterocycles. The summed E-state index contributed by atoms with van der Waals surface area (Å²) < 4.78 is 28.0. The van der Waals surface area contributed by atoms with Gasteiger partial charge in [-0.25, -0.2) is 9.18 Å². The predicted octanol–water partition coefficient (Wildman–Crippen LogP) is 4.29. The van der Waals surface area contributed by atoms with E-state index in [0.29, 0.717) is 29.3 Å². The van der Waals surface area contributed by atoms with Crippen LogP contribution in [0.2, 0.25) is 0 Å². The summed E-state index contributed by atoms with van der Waals surface area (Å²) in [5, 5.41) is 15.4. The van der Waals surface area contributed by atoms with Gasteiger partial charge < -0.3 is 20.5 Å². The van der Waals surface area contributed by atoms with E-state index in [0.717, 1.165) is 12.0 Å². The molecule has 192 valence electrons. The van der Waals surface area contributed by atoms with E-state index >= 15 is 4.39 Å². The molecule has 10 heteroatoms. The lowest BCUT2D eigenvalue weighted by Crippen LogP contribution is -2.18. The Hall–Kier alpha value is -4.60. The number of hydrogen-bond donors (Lipinski definition) is 4. The van der Waals surface area contributed by atoms with Gasteiger partial charge in [0.2, 0.25) is 0 Å². The molecule has 0 fully saturated rings. The number of H-pyrrole nitrogens is 1. The average molecular weight is 505 g/mol. The first-order chi connectivity index (χ1) is 17.8. The van der Waals surface area contributed by atoms with Crippen molar-refractivity contribution in [3.05, 3.63) is 99.5 Å². The summed E-state index contributed by atoms with van der Waals surface area (Å²) in [6.07, 6.45) is 0.726. The van der Waals surface area contributed by atoms with Crippen LogP contribution in [0.1, 0.15) is 41.9 Å². The maximum atomic E-state index is 15.8. The zero-order chi connectivity index (χ0) is 26.5. The first-order valence-corrected chi connectivity index (χ1v) is 11.8. The smallest absolute Gasteiger partial charge is 0.348 e. The third-order valence-electron chi connectivity index (χ3n) is 5.71. The number of ether oxygens (including phenoxy) is 2. The number of nitrogens with zero attached hydrogens (tertiary/aromatic N) is 2. The number of hydrogen-bond acceptors (Lipinski definition) is 6. The van der Waals surface area contributed by atoms with Gasteiger partial charge in [-0.15, -0.1) is 5.10 Å². The van der Waals surface area contributed by atoms with Crippen molar-refractivity contribution in [2.45, 2.75) is 26.3 Å². The monoisotopic (exact) mass is 504 g/mol. The lowest BCUT2D eigenvalue weighted by molar-refractivity contribution is 0.299. The fraction of sp³-hybridized carbons (Fsp3) is 0.222. The second-order valence-corrected chi connectivity index (χ2v) is 8.48. The van der Waals surface area contributed by atoms with E-state index in [1.807, 2.05) is 13.8 Å². The number of aryl methyl sites for hydroxylation is 1. The molecule has 4 rings (SSSR count). The van der Waals surface area contributed by atoms with E-state index < -0.39 is 17.5 Å². The number of nitrogens with two attached hydrogens (primary N) is 1. The molecule has 1 unspecified atom stereocenters. The third kappa shape index (κ3) is 5.48. The lowest BCUT2D eigenvalue weighted by atomic mass is 10.0. The van der Waals surface area contributed by atoms with Gasteiger partial charge in [0, 0.05) is 16.8 Å². The van der Waals surface area contributed by atoms with Gasteiger partial charge in [0.05, 0.1) is 13.7 Å². The van der Waals surface area contributed by atoms with Gasteiger partial charge >= 0.3 is 5.69 Å². The van der Waals surface area contributed by atoms with Crippen LogP contribution in [-0.4, -0.2) is 34.3 Å². The number of aromatic amines is 1. The Morgan fingerprint density at radius 1 is 1.19 bits per heavy atom.